The summed E-state index contributed by atoms with van der Waals surface area (Å²) in [5, 5.41) is 0.863. The van der Waals surface area contributed by atoms with Crippen molar-refractivity contribution in [3.63, 3.8) is 0 Å². The van der Waals surface area contributed by atoms with E-state index in [0.29, 0.717) is 0 Å². The van der Waals surface area contributed by atoms with E-state index in [2.05, 4.69) is 68.3 Å². The first-order chi connectivity index (χ1) is 8.76. The minimum Gasteiger partial charge on any atom is -0.497 e. The molecule has 0 aromatic heterocycles. The molecule has 0 saturated carbocycles. The highest BCUT2D eigenvalue weighted by Crippen LogP contribution is 2.34. The van der Waals surface area contributed by atoms with Gasteiger partial charge in [0.05, 0.1) is 11.9 Å². The Balaban J connectivity index is 2.31. The standard InChI is InChI=1S/C15H14Br2O/c1-18-13-8-6-11(7-9-13)15(17)14-5-3-2-4-12(14)10-16/h2-9,15H,10H2,1H3. The summed E-state index contributed by atoms with van der Waals surface area (Å²) in [6, 6.07) is 16.6. The predicted molar refractivity (Wildman–Crippen MR) is 82.8 cm³/mol. The van der Waals surface area contributed by atoms with Crippen LogP contribution in [0, 0.1) is 0 Å². The predicted octanol–water partition coefficient (Wildman–Crippen LogP) is 5.07. The van der Waals surface area contributed by atoms with Gasteiger partial charge in [0.1, 0.15) is 5.75 Å². The molecule has 0 spiro atoms. The summed E-state index contributed by atoms with van der Waals surface area (Å²) in [4.78, 5) is 0.206. The van der Waals surface area contributed by atoms with E-state index in [-0.39, 0.29) is 4.83 Å². The van der Waals surface area contributed by atoms with E-state index in [0.717, 1.165) is 11.1 Å². The van der Waals surface area contributed by atoms with Crippen molar-refractivity contribution in [3.05, 3.63) is 65.2 Å². The smallest absolute Gasteiger partial charge is 0.118 e. The highest BCUT2D eigenvalue weighted by atomic mass is 79.9. The van der Waals surface area contributed by atoms with Crippen molar-refractivity contribution in [3.8, 4) is 5.75 Å². The third-order valence-corrected chi connectivity index (χ3v) is 4.51. The van der Waals surface area contributed by atoms with Crippen LogP contribution in [0.25, 0.3) is 0 Å². The van der Waals surface area contributed by atoms with Gasteiger partial charge in [0.2, 0.25) is 0 Å². The number of ether oxygens (including phenoxy) is 1. The van der Waals surface area contributed by atoms with Crippen molar-refractivity contribution < 1.29 is 4.74 Å². The lowest BCUT2D eigenvalue weighted by molar-refractivity contribution is 0.414. The Morgan fingerprint density at radius 2 is 1.72 bits per heavy atom. The second-order valence-electron chi connectivity index (χ2n) is 3.97. The molecule has 0 amide bonds. The highest BCUT2D eigenvalue weighted by Gasteiger charge is 2.13. The molecule has 94 valence electrons. The molecule has 0 radical (unpaired) electrons. The molecule has 0 aliphatic carbocycles. The van der Waals surface area contributed by atoms with Gasteiger partial charge in [-0.2, -0.15) is 0 Å². The molecule has 1 unspecified atom stereocenters. The van der Waals surface area contributed by atoms with Crippen molar-refractivity contribution in [2.75, 3.05) is 7.11 Å². The molecule has 2 aromatic carbocycles. The third-order valence-electron chi connectivity index (χ3n) is 2.88. The summed E-state index contributed by atoms with van der Waals surface area (Å²) in [7, 11) is 1.68. The molecule has 0 saturated heterocycles. The normalized spacial score (nSPS) is 12.2. The van der Waals surface area contributed by atoms with Crippen LogP contribution in [0.3, 0.4) is 0 Å². The maximum Gasteiger partial charge on any atom is 0.118 e. The molecule has 3 heteroatoms. The molecule has 0 aliphatic rings. The molecule has 0 heterocycles. The fraction of sp³-hybridized carbons (Fsp3) is 0.200. The SMILES string of the molecule is COc1ccc(C(Br)c2ccccc2CBr)cc1. The van der Waals surface area contributed by atoms with E-state index in [1.54, 1.807) is 7.11 Å². The minimum absolute atomic E-state index is 0.206. The molecule has 2 aromatic rings. The minimum atomic E-state index is 0.206. The van der Waals surface area contributed by atoms with Crippen molar-refractivity contribution in [2.24, 2.45) is 0 Å². The Kier molecular flexibility index (Phi) is 4.84. The van der Waals surface area contributed by atoms with Crippen LogP contribution in [-0.4, -0.2) is 7.11 Å². The summed E-state index contributed by atoms with van der Waals surface area (Å²) < 4.78 is 5.18. The number of rotatable bonds is 4. The van der Waals surface area contributed by atoms with Gasteiger partial charge < -0.3 is 4.74 Å². The number of benzene rings is 2. The molecule has 0 fully saturated rings. The van der Waals surface area contributed by atoms with Crippen LogP contribution in [0.4, 0.5) is 0 Å². The molecular formula is C15H14Br2O. The summed E-state index contributed by atoms with van der Waals surface area (Å²) in [6.45, 7) is 0. The van der Waals surface area contributed by atoms with Gasteiger partial charge in [0.15, 0.2) is 0 Å². The van der Waals surface area contributed by atoms with Gasteiger partial charge in [0, 0.05) is 5.33 Å². The lowest BCUT2D eigenvalue weighted by atomic mass is 10.0. The molecule has 2 rings (SSSR count). The lowest BCUT2D eigenvalue weighted by Crippen LogP contribution is -1.97. The van der Waals surface area contributed by atoms with Crippen LogP contribution in [0.5, 0.6) is 5.75 Å². The molecule has 18 heavy (non-hydrogen) atoms. The maximum atomic E-state index is 5.18. The largest absolute Gasteiger partial charge is 0.497 e. The zero-order valence-corrected chi connectivity index (χ0v) is 13.2. The van der Waals surface area contributed by atoms with E-state index in [1.165, 1.54) is 16.7 Å². The second kappa shape index (κ2) is 6.39. The Morgan fingerprint density at radius 3 is 2.33 bits per heavy atom. The fourth-order valence-corrected chi connectivity index (χ4v) is 3.12. The monoisotopic (exact) mass is 368 g/mol. The third kappa shape index (κ3) is 2.96. The van der Waals surface area contributed by atoms with Crippen molar-refractivity contribution in [1.82, 2.24) is 0 Å². The second-order valence-corrected chi connectivity index (χ2v) is 5.44. The van der Waals surface area contributed by atoms with Crippen molar-refractivity contribution >= 4 is 31.9 Å². The number of halogens is 2. The molecule has 0 N–H and O–H groups in total. The highest BCUT2D eigenvalue weighted by molar-refractivity contribution is 9.09. The van der Waals surface area contributed by atoms with Gasteiger partial charge in [-0.1, -0.05) is 68.3 Å². The number of hydrogen-bond donors (Lipinski definition) is 0. The Labute approximate surface area is 124 Å². The van der Waals surface area contributed by atoms with Gasteiger partial charge in [-0.3, -0.25) is 0 Å². The topological polar surface area (TPSA) is 9.23 Å². The van der Waals surface area contributed by atoms with E-state index in [9.17, 15) is 0 Å². The first kappa shape index (κ1) is 13.6. The summed E-state index contributed by atoms with van der Waals surface area (Å²) in [6.07, 6.45) is 0. The van der Waals surface area contributed by atoms with Crippen LogP contribution in [0.2, 0.25) is 0 Å². The molecule has 1 atom stereocenters. The molecule has 1 nitrogen and oxygen atoms in total. The average Bonchev–Trinajstić information content (AvgIpc) is 2.46. The maximum absolute atomic E-state index is 5.18. The van der Waals surface area contributed by atoms with Crippen LogP contribution in [0.1, 0.15) is 21.5 Å². The van der Waals surface area contributed by atoms with E-state index < -0.39 is 0 Å². The summed E-state index contributed by atoms with van der Waals surface area (Å²) in [5.74, 6) is 0.882. The van der Waals surface area contributed by atoms with E-state index >= 15 is 0 Å². The average molecular weight is 370 g/mol. The zero-order chi connectivity index (χ0) is 13.0. The Bertz CT molecular complexity index is 508. The van der Waals surface area contributed by atoms with Crippen LogP contribution in [-0.2, 0) is 5.33 Å². The molecule has 0 bridgehead atoms. The first-order valence-corrected chi connectivity index (χ1v) is 7.71. The quantitative estimate of drug-likeness (QED) is 0.683. The fourth-order valence-electron chi connectivity index (χ4n) is 1.86. The van der Waals surface area contributed by atoms with Gasteiger partial charge >= 0.3 is 0 Å². The molecular weight excluding hydrogens is 356 g/mol. The zero-order valence-electron chi connectivity index (χ0n) is 10.1. The van der Waals surface area contributed by atoms with Crippen molar-refractivity contribution in [1.29, 1.82) is 0 Å². The Hall–Kier alpha value is -0.800. The van der Waals surface area contributed by atoms with Gasteiger partial charge in [-0.05, 0) is 28.8 Å². The first-order valence-electron chi connectivity index (χ1n) is 5.68. The number of alkyl halides is 2. The van der Waals surface area contributed by atoms with Gasteiger partial charge in [-0.25, -0.2) is 0 Å². The molecule has 0 aliphatic heterocycles. The summed E-state index contributed by atoms with van der Waals surface area (Å²) in [5.41, 5.74) is 3.82. The van der Waals surface area contributed by atoms with Crippen LogP contribution in [0.15, 0.2) is 48.5 Å². The lowest BCUT2D eigenvalue weighted by Gasteiger charge is -2.14. The van der Waals surface area contributed by atoms with Crippen LogP contribution < -0.4 is 4.74 Å². The van der Waals surface area contributed by atoms with Crippen LogP contribution >= 0.6 is 31.9 Å². The van der Waals surface area contributed by atoms with Crippen molar-refractivity contribution in [2.45, 2.75) is 10.2 Å². The van der Waals surface area contributed by atoms with E-state index in [4.69, 9.17) is 4.74 Å². The van der Waals surface area contributed by atoms with Gasteiger partial charge in [0.25, 0.3) is 0 Å². The number of hydrogen-bond acceptors (Lipinski definition) is 1. The van der Waals surface area contributed by atoms with Gasteiger partial charge in [-0.15, -0.1) is 0 Å². The summed E-state index contributed by atoms with van der Waals surface area (Å²) >= 11 is 7.30. The van der Waals surface area contributed by atoms with E-state index in [1.807, 2.05) is 12.1 Å². The Morgan fingerprint density at radius 1 is 1.06 bits per heavy atom. The number of methoxy groups -OCH3 is 1.